The van der Waals surface area contributed by atoms with Crippen molar-refractivity contribution in [2.24, 2.45) is 4.99 Å². The van der Waals surface area contributed by atoms with Crippen LogP contribution in [0.1, 0.15) is 12.5 Å². The number of benzene rings is 2. The molecule has 2 rings (SSSR count). The van der Waals surface area contributed by atoms with Crippen molar-refractivity contribution in [3.63, 3.8) is 0 Å². The number of carbonyl (C=O) groups is 1. The number of nitro groups is 1. The van der Waals surface area contributed by atoms with Crippen molar-refractivity contribution >= 4 is 35.2 Å². The predicted octanol–water partition coefficient (Wildman–Crippen LogP) is 3.86. The molecule has 0 saturated heterocycles. The molecule has 0 radical (unpaired) electrons. The Morgan fingerprint density at radius 1 is 1.31 bits per heavy atom. The Morgan fingerprint density at radius 3 is 2.65 bits per heavy atom. The minimum Gasteiger partial charge on any atom is -0.493 e. The maximum atomic E-state index is 10.9. The number of carboxylic acid groups (broad SMARTS) is 1. The molecule has 136 valence electrons. The summed E-state index contributed by atoms with van der Waals surface area (Å²) in [4.78, 5) is 25.4. The first-order valence-electron chi connectivity index (χ1n) is 7.37. The van der Waals surface area contributed by atoms with Gasteiger partial charge in [-0.05, 0) is 42.8 Å². The average molecular weight is 379 g/mol. The van der Waals surface area contributed by atoms with Crippen LogP contribution in [0.5, 0.6) is 11.5 Å². The summed E-state index contributed by atoms with van der Waals surface area (Å²) in [5.41, 5.74) is 0.764. The largest absolute Gasteiger partial charge is 0.493 e. The van der Waals surface area contributed by atoms with Crippen molar-refractivity contribution in [1.29, 1.82) is 0 Å². The maximum absolute atomic E-state index is 10.9. The number of rotatable bonds is 7. The molecule has 26 heavy (non-hydrogen) atoms. The van der Waals surface area contributed by atoms with E-state index in [9.17, 15) is 14.9 Å². The molecule has 0 saturated carbocycles. The second-order valence-electron chi connectivity index (χ2n) is 5.16. The van der Waals surface area contributed by atoms with E-state index in [-0.39, 0.29) is 16.5 Å². The van der Waals surface area contributed by atoms with E-state index in [4.69, 9.17) is 26.2 Å². The number of methoxy groups -OCH3 is 1. The zero-order valence-electron chi connectivity index (χ0n) is 13.9. The number of aliphatic carboxylic acids is 1. The van der Waals surface area contributed by atoms with Crippen LogP contribution in [-0.4, -0.2) is 35.4 Å². The Balaban J connectivity index is 2.24. The average Bonchev–Trinajstić information content (AvgIpc) is 2.61. The molecule has 8 nitrogen and oxygen atoms in total. The third-order valence-corrected chi connectivity index (χ3v) is 3.65. The first-order valence-corrected chi connectivity index (χ1v) is 7.75. The fourth-order valence-corrected chi connectivity index (χ4v) is 2.16. The molecule has 0 spiro atoms. The van der Waals surface area contributed by atoms with Crippen LogP contribution in [0.15, 0.2) is 41.4 Å². The monoisotopic (exact) mass is 378 g/mol. The van der Waals surface area contributed by atoms with Crippen molar-refractivity contribution in [1.82, 2.24) is 0 Å². The molecule has 0 aliphatic carbocycles. The molecule has 1 N–H and O–H groups in total. The molecule has 2 aromatic carbocycles. The number of nitro benzene ring substituents is 1. The molecule has 0 aliphatic rings. The lowest BCUT2D eigenvalue weighted by Crippen LogP contribution is -2.23. The van der Waals surface area contributed by atoms with Gasteiger partial charge in [-0.1, -0.05) is 11.6 Å². The standard InChI is InChI=1S/C17H15ClN2O6/c1-10(17(21)22)26-15-6-3-11(7-16(15)25-2)9-19-12-4-5-13(18)14(8-12)20(23)24/h3-10H,1-2H3,(H,21,22)/t10-/m0/s1. The normalized spacial score (nSPS) is 12.0. The van der Waals surface area contributed by atoms with Crippen LogP contribution in [0.2, 0.25) is 5.02 Å². The fourth-order valence-electron chi connectivity index (χ4n) is 1.97. The Hall–Kier alpha value is -3.13. The van der Waals surface area contributed by atoms with E-state index in [0.717, 1.165) is 0 Å². The highest BCUT2D eigenvalue weighted by Crippen LogP contribution is 2.30. The fraction of sp³-hybridized carbons (Fsp3) is 0.176. The smallest absolute Gasteiger partial charge is 0.344 e. The lowest BCUT2D eigenvalue weighted by molar-refractivity contribution is -0.384. The van der Waals surface area contributed by atoms with Gasteiger partial charge in [0.2, 0.25) is 0 Å². The van der Waals surface area contributed by atoms with Crippen LogP contribution >= 0.6 is 11.6 Å². The van der Waals surface area contributed by atoms with Crippen LogP contribution in [-0.2, 0) is 4.79 Å². The van der Waals surface area contributed by atoms with Crippen molar-refractivity contribution in [3.05, 3.63) is 57.1 Å². The van der Waals surface area contributed by atoms with E-state index in [1.54, 1.807) is 24.3 Å². The van der Waals surface area contributed by atoms with Crippen LogP contribution in [0, 0.1) is 10.1 Å². The van der Waals surface area contributed by atoms with E-state index in [1.807, 2.05) is 0 Å². The first kappa shape index (κ1) is 19.2. The number of ether oxygens (including phenoxy) is 2. The minimum atomic E-state index is -1.10. The lowest BCUT2D eigenvalue weighted by Gasteiger charge is -2.14. The van der Waals surface area contributed by atoms with Crippen molar-refractivity contribution < 1.29 is 24.3 Å². The Kier molecular flexibility index (Phi) is 6.13. The van der Waals surface area contributed by atoms with Gasteiger partial charge in [0, 0.05) is 12.3 Å². The van der Waals surface area contributed by atoms with Crippen molar-refractivity contribution in [3.8, 4) is 11.5 Å². The molecule has 0 heterocycles. The minimum absolute atomic E-state index is 0.0321. The number of aliphatic imine (C=N–C) groups is 1. The van der Waals surface area contributed by atoms with E-state index in [1.165, 1.54) is 32.4 Å². The Labute approximate surface area is 153 Å². The molecule has 0 fully saturated rings. The third-order valence-electron chi connectivity index (χ3n) is 3.33. The number of hydrogen-bond acceptors (Lipinski definition) is 6. The van der Waals surface area contributed by atoms with E-state index in [0.29, 0.717) is 17.0 Å². The summed E-state index contributed by atoms with van der Waals surface area (Å²) in [6.07, 6.45) is 0.456. The molecule has 2 aromatic rings. The second-order valence-corrected chi connectivity index (χ2v) is 5.57. The number of carboxylic acids is 1. The SMILES string of the molecule is COc1cc(C=Nc2ccc(Cl)c([N+](=O)[O-])c2)ccc1O[C@@H](C)C(=O)O. The van der Waals surface area contributed by atoms with Gasteiger partial charge in [-0.2, -0.15) is 0 Å². The summed E-state index contributed by atoms with van der Waals surface area (Å²) < 4.78 is 10.5. The molecule has 0 unspecified atom stereocenters. The molecule has 0 amide bonds. The maximum Gasteiger partial charge on any atom is 0.344 e. The van der Waals surface area contributed by atoms with Crippen LogP contribution in [0.4, 0.5) is 11.4 Å². The number of hydrogen-bond donors (Lipinski definition) is 1. The van der Waals surface area contributed by atoms with Gasteiger partial charge in [0.05, 0.1) is 17.7 Å². The molecule has 1 atom stereocenters. The quantitative estimate of drug-likeness (QED) is 0.445. The molecule has 0 bridgehead atoms. The van der Waals surface area contributed by atoms with Gasteiger partial charge in [-0.3, -0.25) is 15.1 Å². The molecular formula is C17H15ClN2O6. The van der Waals surface area contributed by atoms with Crippen molar-refractivity contribution in [2.45, 2.75) is 13.0 Å². The van der Waals surface area contributed by atoms with Gasteiger partial charge in [-0.15, -0.1) is 0 Å². The van der Waals surface area contributed by atoms with Gasteiger partial charge in [0.15, 0.2) is 17.6 Å². The highest BCUT2D eigenvalue weighted by Gasteiger charge is 2.15. The summed E-state index contributed by atoms with van der Waals surface area (Å²) in [5, 5.41) is 19.8. The summed E-state index contributed by atoms with van der Waals surface area (Å²) in [5.74, 6) is -0.479. The van der Waals surface area contributed by atoms with E-state index < -0.39 is 17.0 Å². The van der Waals surface area contributed by atoms with Gasteiger partial charge in [-0.25, -0.2) is 4.79 Å². The number of nitrogens with zero attached hydrogens (tertiary/aromatic N) is 2. The highest BCUT2D eigenvalue weighted by atomic mass is 35.5. The van der Waals surface area contributed by atoms with E-state index >= 15 is 0 Å². The summed E-state index contributed by atoms with van der Waals surface area (Å²) in [7, 11) is 1.43. The van der Waals surface area contributed by atoms with E-state index in [2.05, 4.69) is 4.99 Å². The molecule has 0 aromatic heterocycles. The highest BCUT2D eigenvalue weighted by molar-refractivity contribution is 6.32. The molecule has 9 heteroatoms. The summed E-state index contributed by atoms with van der Waals surface area (Å²) in [6, 6.07) is 9.04. The van der Waals surface area contributed by atoms with Crippen LogP contribution < -0.4 is 9.47 Å². The summed E-state index contributed by atoms with van der Waals surface area (Å²) >= 11 is 5.76. The van der Waals surface area contributed by atoms with Gasteiger partial charge in [0.1, 0.15) is 5.02 Å². The Morgan fingerprint density at radius 2 is 2.04 bits per heavy atom. The third kappa shape index (κ3) is 4.70. The van der Waals surface area contributed by atoms with Gasteiger partial charge >= 0.3 is 5.97 Å². The molecule has 0 aliphatic heterocycles. The topological polar surface area (TPSA) is 111 Å². The van der Waals surface area contributed by atoms with Crippen LogP contribution in [0.25, 0.3) is 0 Å². The van der Waals surface area contributed by atoms with Gasteiger partial charge in [0.25, 0.3) is 5.69 Å². The van der Waals surface area contributed by atoms with Crippen LogP contribution in [0.3, 0.4) is 0 Å². The second kappa shape index (κ2) is 8.30. The summed E-state index contributed by atoms with van der Waals surface area (Å²) in [6.45, 7) is 1.41. The first-order chi connectivity index (χ1) is 12.3. The predicted molar refractivity (Wildman–Crippen MR) is 96.1 cm³/mol. The van der Waals surface area contributed by atoms with Gasteiger partial charge < -0.3 is 14.6 Å². The molecular weight excluding hydrogens is 364 g/mol. The van der Waals surface area contributed by atoms with Crippen molar-refractivity contribution in [2.75, 3.05) is 7.11 Å². The Bertz CT molecular complexity index is 868. The lowest BCUT2D eigenvalue weighted by atomic mass is 10.2. The zero-order valence-corrected chi connectivity index (χ0v) is 14.6. The zero-order chi connectivity index (χ0) is 19.3. The number of halogens is 1.